The van der Waals surface area contributed by atoms with E-state index in [1.54, 1.807) is 0 Å². The molecular weight excluding hydrogens is 192 g/mol. The number of carboxylic acid groups (broad SMARTS) is 1. The number of rotatable bonds is 5. The maximum Gasteiger partial charge on any atom is 0.305 e. The van der Waals surface area contributed by atoms with Crippen LogP contribution in [-0.2, 0) is 4.79 Å². The van der Waals surface area contributed by atoms with Gasteiger partial charge in [-0.05, 0) is 25.3 Å². The first kappa shape index (κ1) is 10.9. The quantitative estimate of drug-likeness (QED) is 0.624. The molecule has 1 heterocycles. The van der Waals surface area contributed by atoms with Gasteiger partial charge in [-0.25, -0.2) is 0 Å². The number of carbonyl (C=O) groups is 1. The minimum Gasteiger partial charge on any atom is -0.481 e. The van der Waals surface area contributed by atoms with E-state index in [4.69, 9.17) is 5.11 Å². The topological polar surface area (TPSA) is 61.4 Å². The van der Waals surface area contributed by atoms with Crippen molar-refractivity contribution in [3.63, 3.8) is 0 Å². The average molecular weight is 212 g/mol. The molecule has 0 amide bonds. The van der Waals surface area contributed by atoms with Crippen LogP contribution in [0.4, 0.5) is 0 Å². The number of nitrogens with one attached hydrogen (secondary N) is 2. The summed E-state index contributed by atoms with van der Waals surface area (Å²) in [6.07, 6.45) is 5.55. The van der Waals surface area contributed by atoms with Crippen LogP contribution in [-0.4, -0.2) is 36.2 Å². The van der Waals surface area contributed by atoms with Gasteiger partial charge in [0.1, 0.15) is 0 Å². The molecule has 15 heavy (non-hydrogen) atoms. The minimum atomic E-state index is -0.699. The molecule has 0 radical (unpaired) electrons. The van der Waals surface area contributed by atoms with Crippen LogP contribution in [0.5, 0.6) is 0 Å². The van der Waals surface area contributed by atoms with Gasteiger partial charge >= 0.3 is 5.97 Å². The second-order valence-corrected chi connectivity index (χ2v) is 4.99. The molecule has 86 valence electrons. The van der Waals surface area contributed by atoms with Gasteiger partial charge in [0, 0.05) is 13.1 Å². The molecule has 2 fully saturated rings. The van der Waals surface area contributed by atoms with Gasteiger partial charge < -0.3 is 15.7 Å². The van der Waals surface area contributed by atoms with Gasteiger partial charge in [0.25, 0.3) is 0 Å². The number of aliphatic carboxylic acids is 1. The molecule has 4 nitrogen and oxygen atoms in total. The Morgan fingerprint density at radius 1 is 1.40 bits per heavy atom. The second-order valence-electron chi connectivity index (χ2n) is 4.99. The van der Waals surface area contributed by atoms with Gasteiger partial charge in [-0.1, -0.05) is 12.8 Å². The summed E-state index contributed by atoms with van der Waals surface area (Å²) in [5.74, 6) is 0.0756. The van der Waals surface area contributed by atoms with E-state index in [2.05, 4.69) is 10.6 Å². The maximum atomic E-state index is 10.7. The molecular formula is C11H20N2O2. The van der Waals surface area contributed by atoms with Crippen LogP contribution in [0.25, 0.3) is 0 Å². The van der Waals surface area contributed by atoms with E-state index in [9.17, 15) is 4.79 Å². The van der Waals surface area contributed by atoms with Crippen LogP contribution < -0.4 is 10.6 Å². The molecule has 2 rings (SSSR count). The van der Waals surface area contributed by atoms with Gasteiger partial charge in [0.05, 0.1) is 12.0 Å². The lowest BCUT2D eigenvalue weighted by Gasteiger charge is -2.43. The third-order valence-corrected chi connectivity index (χ3v) is 3.66. The standard InChI is InChI=1S/C11H20N2O2/c14-10(15)5-11(7-12-8-11)13-6-9-3-1-2-4-9/h9,12-13H,1-8H2,(H,14,15). The van der Waals surface area contributed by atoms with Gasteiger partial charge in [-0.15, -0.1) is 0 Å². The third kappa shape index (κ3) is 2.69. The highest BCUT2D eigenvalue weighted by atomic mass is 16.4. The lowest BCUT2D eigenvalue weighted by molar-refractivity contribution is -0.139. The van der Waals surface area contributed by atoms with E-state index in [0.29, 0.717) is 0 Å². The molecule has 0 aromatic carbocycles. The number of hydrogen-bond acceptors (Lipinski definition) is 3. The van der Waals surface area contributed by atoms with E-state index in [-0.39, 0.29) is 12.0 Å². The SMILES string of the molecule is O=C(O)CC1(NCC2CCCC2)CNC1. The number of hydrogen-bond donors (Lipinski definition) is 3. The first-order chi connectivity index (χ1) is 7.20. The van der Waals surface area contributed by atoms with Gasteiger partial charge in [0.2, 0.25) is 0 Å². The van der Waals surface area contributed by atoms with Crippen LogP contribution >= 0.6 is 0 Å². The molecule has 1 aliphatic heterocycles. The molecule has 0 aromatic heterocycles. The highest BCUT2D eigenvalue weighted by Crippen LogP contribution is 2.25. The fraction of sp³-hybridized carbons (Fsp3) is 0.909. The molecule has 4 heteroatoms. The zero-order valence-electron chi connectivity index (χ0n) is 9.09. The highest BCUT2D eigenvalue weighted by molar-refractivity contribution is 5.68. The van der Waals surface area contributed by atoms with Crippen molar-refractivity contribution in [1.82, 2.24) is 10.6 Å². The summed E-state index contributed by atoms with van der Waals surface area (Å²) in [4.78, 5) is 10.7. The van der Waals surface area contributed by atoms with Gasteiger partial charge in [-0.3, -0.25) is 4.79 Å². The van der Waals surface area contributed by atoms with Crippen molar-refractivity contribution in [2.45, 2.75) is 37.6 Å². The summed E-state index contributed by atoms with van der Waals surface area (Å²) in [5.41, 5.74) is -0.158. The molecule has 3 N–H and O–H groups in total. The summed E-state index contributed by atoms with van der Waals surface area (Å²) in [5, 5.41) is 15.5. The van der Waals surface area contributed by atoms with Crippen LogP contribution in [0.2, 0.25) is 0 Å². The van der Waals surface area contributed by atoms with Crippen molar-refractivity contribution in [2.24, 2.45) is 5.92 Å². The van der Waals surface area contributed by atoms with E-state index in [1.807, 2.05) is 0 Å². The summed E-state index contributed by atoms with van der Waals surface area (Å²) in [6.45, 7) is 2.59. The second kappa shape index (κ2) is 4.49. The van der Waals surface area contributed by atoms with Crippen molar-refractivity contribution in [2.75, 3.05) is 19.6 Å². The molecule has 0 spiro atoms. The maximum absolute atomic E-state index is 10.7. The van der Waals surface area contributed by atoms with Crippen LogP contribution in [0.1, 0.15) is 32.1 Å². The third-order valence-electron chi connectivity index (χ3n) is 3.66. The van der Waals surface area contributed by atoms with E-state index >= 15 is 0 Å². The average Bonchev–Trinajstić information content (AvgIpc) is 2.61. The fourth-order valence-corrected chi connectivity index (χ4v) is 2.60. The molecule has 0 bridgehead atoms. The summed E-state index contributed by atoms with van der Waals surface area (Å²) in [6, 6.07) is 0. The fourth-order valence-electron chi connectivity index (χ4n) is 2.60. The van der Waals surface area contributed by atoms with Crippen molar-refractivity contribution in [3.8, 4) is 0 Å². The van der Waals surface area contributed by atoms with E-state index in [1.165, 1.54) is 25.7 Å². The Morgan fingerprint density at radius 3 is 2.53 bits per heavy atom. The van der Waals surface area contributed by atoms with E-state index < -0.39 is 5.97 Å². The van der Waals surface area contributed by atoms with Crippen LogP contribution in [0.3, 0.4) is 0 Å². The van der Waals surface area contributed by atoms with Crippen molar-refractivity contribution >= 4 is 5.97 Å². The Hall–Kier alpha value is -0.610. The molecule has 1 saturated carbocycles. The van der Waals surface area contributed by atoms with Gasteiger partial charge in [-0.2, -0.15) is 0 Å². The molecule has 0 atom stereocenters. The lowest BCUT2D eigenvalue weighted by Crippen LogP contribution is -2.69. The Balaban J connectivity index is 1.77. The predicted molar refractivity (Wildman–Crippen MR) is 57.8 cm³/mol. The molecule has 0 aromatic rings. The van der Waals surface area contributed by atoms with Crippen molar-refractivity contribution < 1.29 is 9.90 Å². The Kier molecular flexibility index (Phi) is 3.26. The Labute approximate surface area is 90.4 Å². The molecule has 1 saturated heterocycles. The Bertz CT molecular complexity index is 233. The van der Waals surface area contributed by atoms with Gasteiger partial charge in [0.15, 0.2) is 0 Å². The molecule has 1 aliphatic carbocycles. The van der Waals surface area contributed by atoms with Crippen molar-refractivity contribution in [1.29, 1.82) is 0 Å². The van der Waals surface area contributed by atoms with Crippen molar-refractivity contribution in [3.05, 3.63) is 0 Å². The highest BCUT2D eigenvalue weighted by Gasteiger charge is 2.38. The zero-order chi connectivity index (χ0) is 10.7. The zero-order valence-corrected chi connectivity index (χ0v) is 9.09. The predicted octanol–water partition coefficient (Wildman–Crippen LogP) is 0.583. The summed E-state index contributed by atoms with van der Waals surface area (Å²) in [7, 11) is 0. The Morgan fingerprint density at radius 2 is 2.07 bits per heavy atom. The summed E-state index contributed by atoms with van der Waals surface area (Å²) < 4.78 is 0. The summed E-state index contributed by atoms with van der Waals surface area (Å²) >= 11 is 0. The van der Waals surface area contributed by atoms with Crippen LogP contribution in [0, 0.1) is 5.92 Å². The lowest BCUT2D eigenvalue weighted by atomic mass is 9.88. The first-order valence-corrected chi connectivity index (χ1v) is 5.88. The van der Waals surface area contributed by atoms with E-state index in [0.717, 1.165) is 25.6 Å². The number of carboxylic acids is 1. The first-order valence-electron chi connectivity index (χ1n) is 5.88. The monoisotopic (exact) mass is 212 g/mol. The smallest absolute Gasteiger partial charge is 0.305 e. The van der Waals surface area contributed by atoms with Crippen LogP contribution in [0.15, 0.2) is 0 Å². The molecule has 2 aliphatic rings. The largest absolute Gasteiger partial charge is 0.481 e. The molecule has 0 unspecified atom stereocenters. The minimum absolute atomic E-state index is 0.158. The normalized spacial score (nSPS) is 25.1.